The van der Waals surface area contributed by atoms with Gasteiger partial charge >= 0.3 is 0 Å². The molecular formula is C7H7ClN4OS2. The van der Waals surface area contributed by atoms with Gasteiger partial charge in [-0.1, -0.05) is 11.6 Å². The number of hydrogen-bond acceptors (Lipinski definition) is 7. The van der Waals surface area contributed by atoms with Gasteiger partial charge in [0.05, 0.1) is 25.4 Å². The first-order valence-corrected chi connectivity index (χ1v) is 5.89. The highest BCUT2D eigenvalue weighted by Crippen LogP contribution is 2.21. The highest BCUT2D eigenvalue weighted by Gasteiger charge is 2.06. The van der Waals surface area contributed by atoms with E-state index < -0.39 is 0 Å². The van der Waals surface area contributed by atoms with Crippen LogP contribution in [0.4, 0.5) is 5.82 Å². The lowest BCUT2D eigenvalue weighted by atomic mass is 10.4. The molecule has 0 atom stereocenters. The fraction of sp³-hybridized carbons (Fsp3) is 0.286. The summed E-state index contributed by atoms with van der Waals surface area (Å²) >= 11 is 8.23. The number of halogens is 1. The van der Waals surface area contributed by atoms with Gasteiger partial charge in [0.25, 0.3) is 0 Å². The van der Waals surface area contributed by atoms with Crippen molar-refractivity contribution in [2.45, 2.75) is 6.54 Å². The molecule has 0 saturated heterocycles. The summed E-state index contributed by atoms with van der Waals surface area (Å²) in [4.78, 5) is 1.05. The minimum absolute atomic E-state index is 0.400. The molecule has 5 nitrogen and oxygen atoms in total. The van der Waals surface area contributed by atoms with Crippen molar-refractivity contribution in [3.05, 3.63) is 16.1 Å². The molecule has 0 aromatic carbocycles. The molecule has 15 heavy (non-hydrogen) atoms. The first-order valence-electron chi connectivity index (χ1n) is 4.01. The van der Waals surface area contributed by atoms with Crippen LogP contribution in [0.25, 0.3) is 0 Å². The van der Waals surface area contributed by atoms with Gasteiger partial charge in [0.15, 0.2) is 11.0 Å². The lowest BCUT2D eigenvalue weighted by Gasteiger charge is -1.98. The molecule has 0 amide bonds. The van der Waals surface area contributed by atoms with Gasteiger partial charge < -0.3 is 10.1 Å². The van der Waals surface area contributed by atoms with Crippen molar-refractivity contribution < 1.29 is 4.74 Å². The molecule has 2 aromatic rings. The van der Waals surface area contributed by atoms with Gasteiger partial charge in [0.2, 0.25) is 5.88 Å². The molecule has 8 heteroatoms. The van der Waals surface area contributed by atoms with E-state index in [1.165, 1.54) is 11.5 Å². The van der Waals surface area contributed by atoms with Crippen molar-refractivity contribution in [3.63, 3.8) is 0 Å². The van der Waals surface area contributed by atoms with Crippen molar-refractivity contribution in [1.82, 2.24) is 13.1 Å². The largest absolute Gasteiger partial charge is 0.480 e. The van der Waals surface area contributed by atoms with Gasteiger partial charge in [-0.2, -0.15) is 13.1 Å². The minimum atomic E-state index is 0.400. The lowest BCUT2D eigenvalue weighted by Crippen LogP contribution is -1.97. The van der Waals surface area contributed by atoms with E-state index >= 15 is 0 Å². The summed E-state index contributed by atoms with van der Waals surface area (Å²) in [7, 11) is 1.59. The molecule has 0 saturated carbocycles. The van der Waals surface area contributed by atoms with Crippen LogP contribution < -0.4 is 10.1 Å². The Bertz CT molecular complexity index is 444. The summed E-state index contributed by atoms with van der Waals surface area (Å²) in [5, 5.41) is 3.47. The van der Waals surface area contributed by atoms with Gasteiger partial charge in [0, 0.05) is 10.9 Å². The predicted molar refractivity (Wildman–Crippen MR) is 60.9 cm³/mol. The highest BCUT2D eigenvalue weighted by molar-refractivity contribution is 7.05. The Morgan fingerprint density at radius 2 is 2.33 bits per heavy atom. The van der Waals surface area contributed by atoms with Crippen LogP contribution in [0.2, 0.25) is 5.15 Å². The van der Waals surface area contributed by atoms with E-state index in [2.05, 4.69) is 18.4 Å². The molecule has 0 aliphatic rings. The summed E-state index contributed by atoms with van der Waals surface area (Å²) in [6, 6.07) is 1.87. The number of rotatable bonds is 4. The minimum Gasteiger partial charge on any atom is -0.480 e. The van der Waals surface area contributed by atoms with Crippen molar-refractivity contribution >= 4 is 40.7 Å². The second kappa shape index (κ2) is 4.73. The molecule has 80 valence electrons. The smallest absolute Gasteiger partial charge is 0.225 e. The van der Waals surface area contributed by atoms with E-state index in [9.17, 15) is 0 Å². The molecule has 2 aromatic heterocycles. The van der Waals surface area contributed by atoms with Crippen LogP contribution in [-0.2, 0) is 6.54 Å². The Labute approximate surface area is 99.5 Å². The van der Waals surface area contributed by atoms with Gasteiger partial charge in [-0.25, -0.2) is 0 Å². The summed E-state index contributed by atoms with van der Waals surface area (Å²) in [6.45, 7) is 0.617. The van der Waals surface area contributed by atoms with E-state index in [4.69, 9.17) is 16.3 Å². The maximum absolute atomic E-state index is 5.78. The van der Waals surface area contributed by atoms with E-state index in [-0.39, 0.29) is 0 Å². The Morgan fingerprint density at radius 3 is 2.93 bits per heavy atom. The predicted octanol–water partition coefficient (Wildman–Crippen LogP) is 2.27. The maximum atomic E-state index is 5.78. The first kappa shape index (κ1) is 10.6. The fourth-order valence-electron chi connectivity index (χ4n) is 0.928. The van der Waals surface area contributed by atoms with Gasteiger partial charge in [-0.05, 0) is 11.5 Å². The number of nitrogens with zero attached hydrogens (tertiary/aromatic N) is 3. The molecule has 0 bridgehead atoms. The summed E-state index contributed by atoms with van der Waals surface area (Å²) in [6.07, 6.45) is 0. The number of aromatic nitrogens is 3. The third-order valence-corrected chi connectivity index (χ3v) is 3.29. The summed E-state index contributed by atoms with van der Waals surface area (Å²) in [5.74, 6) is 1.23. The summed E-state index contributed by atoms with van der Waals surface area (Å²) < 4.78 is 16.9. The highest BCUT2D eigenvalue weighted by atomic mass is 35.5. The average Bonchev–Trinajstić information content (AvgIpc) is 2.84. The average molecular weight is 263 g/mol. The van der Waals surface area contributed by atoms with E-state index in [0.717, 1.165) is 16.6 Å². The molecule has 0 aliphatic carbocycles. The van der Waals surface area contributed by atoms with Crippen LogP contribution in [0, 0.1) is 0 Å². The molecule has 1 N–H and O–H groups in total. The third kappa shape index (κ3) is 2.55. The number of nitrogens with one attached hydrogen (secondary N) is 1. The molecular weight excluding hydrogens is 256 g/mol. The molecule has 2 rings (SSSR count). The standard InChI is InChI=1S/C7H7ClN4OS2/c1-13-5-2-4(14-10-5)3-9-7-6(8)11-15-12-7/h2H,3H2,1H3,(H,9,12). The van der Waals surface area contributed by atoms with E-state index in [1.807, 2.05) is 6.07 Å². The van der Waals surface area contributed by atoms with Crippen molar-refractivity contribution in [3.8, 4) is 5.88 Å². The molecule has 2 heterocycles. The number of hydrogen-bond donors (Lipinski definition) is 1. The van der Waals surface area contributed by atoms with E-state index in [0.29, 0.717) is 23.4 Å². The molecule has 0 fully saturated rings. The van der Waals surface area contributed by atoms with Crippen LogP contribution in [0.3, 0.4) is 0 Å². The van der Waals surface area contributed by atoms with Crippen LogP contribution in [-0.4, -0.2) is 20.2 Å². The van der Waals surface area contributed by atoms with Crippen LogP contribution in [0.15, 0.2) is 6.07 Å². The van der Waals surface area contributed by atoms with Gasteiger partial charge in [-0.3, -0.25) is 0 Å². The van der Waals surface area contributed by atoms with Crippen molar-refractivity contribution in [1.29, 1.82) is 0 Å². The van der Waals surface area contributed by atoms with Crippen molar-refractivity contribution in [2.75, 3.05) is 12.4 Å². The van der Waals surface area contributed by atoms with E-state index in [1.54, 1.807) is 7.11 Å². The normalized spacial score (nSPS) is 10.3. The number of ether oxygens (including phenoxy) is 1. The Balaban J connectivity index is 1.96. The fourth-order valence-corrected chi connectivity index (χ4v) is 2.24. The van der Waals surface area contributed by atoms with Gasteiger partial charge in [-0.15, -0.1) is 0 Å². The Hall–Kier alpha value is -0.920. The zero-order valence-electron chi connectivity index (χ0n) is 7.73. The third-order valence-electron chi connectivity index (χ3n) is 1.63. The molecule has 0 unspecified atom stereocenters. The molecule has 0 spiro atoms. The van der Waals surface area contributed by atoms with Crippen LogP contribution in [0.5, 0.6) is 5.88 Å². The molecule has 0 aliphatic heterocycles. The second-order valence-electron chi connectivity index (χ2n) is 2.59. The topological polar surface area (TPSA) is 59.9 Å². The van der Waals surface area contributed by atoms with Gasteiger partial charge in [0.1, 0.15) is 0 Å². The monoisotopic (exact) mass is 262 g/mol. The zero-order valence-corrected chi connectivity index (χ0v) is 10.1. The molecule has 0 radical (unpaired) electrons. The lowest BCUT2D eigenvalue weighted by molar-refractivity contribution is 0.402. The van der Waals surface area contributed by atoms with Crippen LogP contribution >= 0.6 is 34.9 Å². The summed E-state index contributed by atoms with van der Waals surface area (Å²) in [5.41, 5.74) is 0. The quantitative estimate of drug-likeness (QED) is 0.916. The number of methoxy groups -OCH3 is 1. The number of anilines is 1. The van der Waals surface area contributed by atoms with Crippen LogP contribution in [0.1, 0.15) is 4.88 Å². The second-order valence-corrected chi connectivity index (χ2v) is 4.37. The maximum Gasteiger partial charge on any atom is 0.225 e. The zero-order chi connectivity index (χ0) is 10.7. The Kier molecular flexibility index (Phi) is 3.34. The Morgan fingerprint density at radius 1 is 1.47 bits per heavy atom. The first-order chi connectivity index (χ1) is 7.29. The SMILES string of the molecule is COc1cc(CNc2nsnc2Cl)sn1. The van der Waals surface area contributed by atoms with Crippen molar-refractivity contribution in [2.24, 2.45) is 0 Å².